The first kappa shape index (κ1) is 36.1. The molecule has 7 heterocycles. The van der Waals surface area contributed by atoms with Crippen LogP contribution in [0.1, 0.15) is 33.4 Å². The summed E-state index contributed by atoms with van der Waals surface area (Å²) >= 11 is 0. The highest BCUT2D eigenvalue weighted by molar-refractivity contribution is 5.94. The van der Waals surface area contributed by atoms with Gasteiger partial charge in [-0.3, -0.25) is 4.98 Å². The van der Waals surface area contributed by atoms with E-state index < -0.39 is 17.2 Å². The predicted octanol–water partition coefficient (Wildman–Crippen LogP) is 12.1. The van der Waals surface area contributed by atoms with E-state index in [0.717, 1.165) is 69.9 Å². The number of aromatic nitrogens is 1. The Bertz CT molecular complexity index is 3090. The normalized spacial score (nSPS) is 21.8. The molecular formula is C55H42N4O3. The topological polar surface area (TPSA) is 76.7 Å². The van der Waals surface area contributed by atoms with Gasteiger partial charge in [-0.1, -0.05) is 121 Å². The van der Waals surface area contributed by atoms with Gasteiger partial charge in [0.2, 0.25) is 17.2 Å². The molecule has 0 saturated carbocycles. The van der Waals surface area contributed by atoms with Gasteiger partial charge < -0.3 is 30.2 Å². The molecule has 6 aliphatic rings. The van der Waals surface area contributed by atoms with Gasteiger partial charge in [0.05, 0.1) is 0 Å². The first-order valence-electron chi connectivity index (χ1n) is 21.2. The molecule has 0 unspecified atom stereocenters. The third-order valence-electron chi connectivity index (χ3n) is 12.5. The summed E-state index contributed by atoms with van der Waals surface area (Å²) in [6, 6.07) is 54.1. The second-order valence-corrected chi connectivity index (χ2v) is 16.6. The SMILES string of the molecule is C1=C[C@]2(Cc3ccccc3N2)Oc2c1ccc1cccnc21.C1=C[C@]2(Cc3ccccc3N2)Oc2ccc3ccccc3c21.C1=C[C@]2(Cc3ccccc3N2)Oc2ccccc21. The van der Waals surface area contributed by atoms with Gasteiger partial charge in [-0.25, -0.2) is 0 Å². The lowest BCUT2D eigenvalue weighted by Gasteiger charge is -2.32. The van der Waals surface area contributed by atoms with Crippen LogP contribution in [0.4, 0.5) is 17.1 Å². The summed E-state index contributed by atoms with van der Waals surface area (Å²) in [6.45, 7) is 0. The van der Waals surface area contributed by atoms with Crippen molar-refractivity contribution in [3.05, 3.63) is 216 Å². The number of fused-ring (bicyclic) bond motifs is 10. The van der Waals surface area contributed by atoms with Crippen LogP contribution in [-0.4, -0.2) is 22.2 Å². The zero-order valence-electron chi connectivity index (χ0n) is 33.8. The fourth-order valence-corrected chi connectivity index (χ4v) is 9.50. The van der Waals surface area contributed by atoms with Crippen molar-refractivity contribution in [2.24, 2.45) is 0 Å². The molecule has 8 aromatic rings. The van der Waals surface area contributed by atoms with E-state index in [9.17, 15) is 0 Å². The lowest BCUT2D eigenvalue weighted by atomic mass is 9.98. The third-order valence-corrected chi connectivity index (χ3v) is 12.5. The Balaban J connectivity index is 0.0000000998. The Kier molecular flexibility index (Phi) is 8.25. The molecule has 3 N–H and O–H groups in total. The lowest BCUT2D eigenvalue weighted by Crippen LogP contribution is -2.42. The number of benzene rings is 7. The molecule has 3 spiro atoms. The number of para-hydroxylation sites is 4. The van der Waals surface area contributed by atoms with Gasteiger partial charge in [0.25, 0.3) is 0 Å². The van der Waals surface area contributed by atoms with Crippen LogP contribution in [0.3, 0.4) is 0 Å². The van der Waals surface area contributed by atoms with Gasteiger partial charge in [0.15, 0.2) is 5.75 Å². The molecule has 0 fully saturated rings. The largest absolute Gasteiger partial charge is 0.464 e. The second kappa shape index (κ2) is 14.2. The number of hydrogen-bond acceptors (Lipinski definition) is 7. The van der Waals surface area contributed by atoms with Crippen molar-refractivity contribution >= 4 is 57.0 Å². The average Bonchev–Trinajstić information content (AvgIpc) is 3.99. The Morgan fingerprint density at radius 3 is 1.65 bits per heavy atom. The van der Waals surface area contributed by atoms with Crippen LogP contribution < -0.4 is 30.2 Å². The smallest absolute Gasteiger partial charge is 0.204 e. The minimum Gasteiger partial charge on any atom is -0.464 e. The van der Waals surface area contributed by atoms with E-state index in [1.54, 1.807) is 0 Å². The van der Waals surface area contributed by atoms with Crippen molar-refractivity contribution in [3.8, 4) is 17.2 Å². The zero-order chi connectivity index (χ0) is 41.1. The van der Waals surface area contributed by atoms with Crippen LogP contribution in [0, 0.1) is 0 Å². The number of ether oxygens (including phenoxy) is 3. The Labute approximate surface area is 360 Å². The summed E-state index contributed by atoms with van der Waals surface area (Å²) in [5, 5.41) is 14.1. The number of nitrogens with one attached hydrogen (secondary N) is 3. The summed E-state index contributed by atoms with van der Waals surface area (Å²) in [7, 11) is 0. The summed E-state index contributed by atoms with van der Waals surface area (Å²) in [4.78, 5) is 4.51. The number of anilines is 3. The van der Waals surface area contributed by atoms with Gasteiger partial charge in [-0.05, 0) is 100 Å². The predicted molar refractivity (Wildman–Crippen MR) is 251 cm³/mol. The molecule has 0 radical (unpaired) electrons. The van der Waals surface area contributed by atoms with Gasteiger partial charge in [-0.2, -0.15) is 0 Å². The molecule has 0 amide bonds. The van der Waals surface area contributed by atoms with Gasteiger partial charge >= 0.3 is 0 Å². The minimum atomic E-state index is -0.498. The first-order chi connectivity index (χ1) is 30.5. The monoisotopic (exact) mass is 806 g/mol. The lowest BCUT2D eigenvalue weighted by molar-refractivity contribution is 0.155. The number of rotatable bonds is 0. The highest BCUT2D eigenvalue weighted by Gasteiger charge is 2.41. The molecule has 6 aliphatic heterocycles. The van der Waals surface area contributed by atoms with Crippen LogP contribution in [-0.2, 0) is 19.3 Å². The van der Waals surface area contributed by atoms with Crippen LogP contribution >= 0.6 is 0 Å². The average molecular weight is 807 g/mol. The summed E-state index contributed by atoms with van der Waals surface area (Å²) in [6.07, 6.45) is 17.2. The van der Waals surface area contributed by atoms with Crippen molar-refractivity contribution in [3.63, 3.8) is 0 Å². The highest BCUT2D eigenvalue weighted by Crippen LogP contribution is 2.44. The molecule has 7 nitrogen and oxygen atoms in total. The molecule has 0 aliphatic carbocycles. The Hall–Kier alpha value is -7.77. The zero-order valence-corrected chi connectivity index (χ0v) is 33.8. The third kappa shape index (κ3) is 6.32. The summed E-state index contributed by atoms with van der Waals surface area (Å²) in [5.74, 6) is 2.75. The van der Waals surface area contributed by atoms with Gasteiger partial charge in [0.1, 0.15) is 17.0 Å². The molecule has 300 valence electrons. The first-order valence-corrected chi connectivity index (χ1v) is 21.2. The van der Waals surface area contributed by atoms with Crippen LogP contribution in [0.5, 0.6) is 17.2 Å². The van der Waals surface area contributed by atoms with Crippen molar-refractivity contribution in [2.75, 3.05) is 16.0 Å². The summed E-state index contributed by atoms with van der Waals surface area (Å²) in [5.41, 5.74) is 10.3. The fraction of sp³-hybridized carbons (Fsp3) is 0.109. The molecule has 0 saturated heterocycles. The maximum Gasteiger partial charge on any atom is 0.204 e. The Morgan fingerprint density at radius 1 is 0.419 bits per heavy atom. The standard InChI is InChI=1S/C20H15NO.C19H14N2O.C16H13NO/c1-3-7-16-14(5-1)9-10-19-17(16)11-12-20(22-19)13-15-6-2-4-8-18(15)21-20;1-2-6-16-15(4-1)12-19(21-16)10-9-14-8-7-13-5-3-11-20-17(13)18(14)22-19;1-3-7-14-13(6-1)11-16(17-14)10-9-12-5-2-4-8-15(12)18-16/h1-12,21H,13H2;1-11,21H,12H2;1-10,17H,11H2/t20-;19-;16-/m111/s1. The van der Waals surface area contributed by atoms with Gasteiger partial charge in [0, 0.05) is 64.6 Å². The van der Waals surface area contributed by atoms with E-state index >= 15 is 0 Å². The molecule has 14 rings (SSSR count). The molecule has 3 atom stereocenters. The van der Waals surface area contributed by atoms with Gasteiger partial charge in [-0.15, -0.1) is 0 Å². The maximum absolute atomic E-state index is 6.42. The maximum atomic E-state index is 6.42. The van der Waals surface area contributed by atoms with E-state index in [2.05, 4.69) is 179 Å². The number of nitrogens with zero attached hydrogens (tertiary/aromatic N) is 1. The quantitative estimate of drug-likeness (QED) is 0.141. The van der Waals surface area contributed by atoms with E-state index in [0.29, 0.717) is 0 Å². The number of pyridine rings is 1. The van der Waals surface area contributed by atoms with E-state index in [-0.39, 0.29) is 0 Å². The second-order valence-electron chi connectivity index (χ2n) is 16.6. The number of hydrogen-bond donors (Lipinski definition) is 3. The van der Waals surface area contributed by atoms with Crippen molar-refractivity contribution in [1.82, 2.24) is 4.98 Å². The Morgan fingerprint density at radius 2 is 0.952 bits per heavy atom. The molecule has 0 bridgehead atoms. The molecule has 1 aromatic heterocycles. The molecule has 62 heavy (non-hydrogen) atoms. The van der Waals surface area contributed by atoms with Crippen molar-refractivity contribution in [2.45, 2.75) is 36.4 Å². The van der Waals surface area contributed by atoms with Crippen LogP contribution in [0.25, 0.3) is 39.9 Å². The van der Waals surface area contributed by atoms with Crippen LogP contribution in [0.2, 0.25) is 0 Å². The summed E-state index contributed by atoms with van der Waals surface area (Å²) < 4.78 is 19.0. The fourth-order valence-electron chi connectivity index (χ4n) is 9.50. The van der Waals surface area contributed by atoms with E-state index in [1.165, 1.54) is 38.7 Å². The molecule has 7 aromatic carbocycles. The van der Waals surface area contributed by atoms with Crippen molar-refractivity contribution in [1.29, 1.82) is 0 Å². The molecule has 7 heteroatoms. The van der Waals surface area contributed by atoms with E-state index in [4.69, 9.17) is 14.2 Å². The minimum absolute atomic E-state index is 0.405. The highest BCUT2D eigenvalue weighted by atomic mass is 16.5. The van der Waals surface area contributed by atoms with Crippen LogP contribution in [0.15, 0.2) is 182 Å². The molecular weight excluding hydrogens is 765 g/mol. The van der Waals surface area contributed by atoms with E-state index in [1.807, 2.05) is 42.6 Å². The van der Waals surface area contributed by atoms with Crippen molar-refractivity contribution < 1.29 is 14.2 Å².